The van der Waals surface area contributed by atoms with E-state index in [4.69, 9.17) is 11.6 Å². The Morgan fingerprint density at radius 3 is 2.63 bits per heavy atom. The third-order valence-corrected chi connectivity index (χ3v) is 3.71. The Morgan fingerprint density at radius 1 is 1.16 bits per heavy atom. The van der Waals surface area contributed by atoms with Crippen LogP contribution in [-0.2, 0) is 6.54 Å². The van der Waals surface area contributed by atoms with Crippen molar-refractivity contribution in [3.05, 3.63) is 57.5 Å². The Hall–Kier alpha value is -1.19. The molecular formula is C15H16BrClN2. The van der Waals surface area contributed by atoms with Crippen molar-refractivity contribution >= 4 is 38.9 Å². The molecule has 0 unspecified atom stereocenters. The molecule has 0 fully saturated rings. The van der Waals surface area contributed by atoms with E-state index in [0.717, 1.165) is 20.7 Å². The van der Waals surface area contributed by atoms with E-state index in [-0.39, 0.29) is 0 Å². The van der Waals surface area contributed by atoms with Gasteiger partial charge in [-0.3, -0.25) is 0 Å². The Balaban J connectivity index is 2.08. The van der Waals surface area contributed by atoms with Gasteiger partial charge in [0, 0.05) is 41.5 Å². The highest BCUT2D eigenvalue weighted by atomic mass is 79.9. The van der Waals surface area contributed by atoms with Gasteiger partial charge in [0.25, 0.3) is 0 Å². The molecule has 0 saturated carbocycles. The van der Waals surface area contributed by atoms with E-state index < -0.39 is 0 Å². The first-order valence-corrected chi connectivity index (χ1v) is 7.18. The molecule has 0 atom stereocenters. The van der Waals surface area contributed by atoms with Crippen LogP contribution in [0.15, 0.2) is 46.9 Å². The molecule has 0 aliphatic carbocycles. The summed E-state index contributed by atoms with van der Waals surface area (Å²) in [6, 6.07) is 14.2. The van der Waals surface area contributed by atoms with Crippen molar-refractivity contribution in [3.63, 3.8) is 0 Å². The maximum Gasteiger partial charge on any atom is 0.0467 e. The van der Waals surface area contributed by atoms with Crippen LogP contribution in [0.5, 0.6) is 0 Å². The number of benzene rings is 2. The highest BCUT2D eigenvalue weighted by Crippen LogP contribution is 2.23. The number of nitrogens with one attached hydrogen (secondary N) is 1. The highest BCUT2D eigenvalue weighted by molar-refractivity contribution is 9.10. The van der Waals surface area contributed by atoms with Gasteiger partial charge in [-0.05, 0) is 35.9 Å². The summed E-state index contributed by atoms with van der Waals surface area (Å²) in [5.74, 6) is 0. The van der Waals surface area contributed by atoms with Gasteiger partial charge in [0.1, 0.15) is 0 Å². The van der Waals surface area contributed by atoms with Crippen molar-refractivity contribution in [2.24, 2.45) is 0 Å². The van der Waals surface area contributed by atoms with Gasteiger partial charge in [0.2, 0.25) is 0 Å². The zero-order valence-electron chi connectivity index (χ0n) is 11.0. The van der Waals surface area contributed by atoms with Crippen molar-refractivity contribution in [1.29, 1.82) is 0 Å². The van der Waals surface area contributed by atoms with Crippen molar-refractivity contribution in [2.45, 2.75) is 6.54 Å². The van der Waals surface area contributed by atoms with Crippen molar-refractivity contribution in [3.8, 4) is 0 Å². The van der Waals surface area contributed by atoms with Crippen molar-refractivity contribution < 1.29 is 0 Å². The molecule has 0 radical (unpaired) electrons. The number of halogens is 2. The minimum Gasteiger partial charge on any atom is -0.381 e. The van der Waals surface area contributed by atoms with Crippen LogP contribution in [0.2, 0.25) is 5.02 Å². The van der Waals surface area contributed by atoms with Crippen LogP contribution in [0, 0.1) is 0 Å². The van der Waals surface area contributed by atoms with Crippen LogP contribution in [0.25, 0.3) is 0 Å². The molecule has 2 aromatic rings. The van der Waals surface area contributed by atoms with Gasteiger partial charge in [-0.25, -0.2) is 0 Å². The fourth-order valence-electron chi connectivity index (χ4n) is 1.76. The zero-order chi connectivity index (χ0) is 13.8. The minimum absolute atomic E-state index is 0.711. The maximum atomic E-state index is 6.20. The quantitative estimate of drug-likeness (QED) is 0.862. The highest BCUT2D eigenvalue weighted by Gasteiger charge is 2.02. The predicted octanol–water partition coefficient (Wildman–Crippen LogP) is 4.78. The van der Waals surface area contributed by atoms with Gasteiger partial charge in [-0.1, -0.05) is 39.7 Å². The average molecular weight is 340 g/mol. The number of hydrogen-bond donors (Lipinski definition) is 1. The summed E-state index contributed by atoms with van der Waals surface area (Å²) in [6.07, 6.45) is 0. The second-order valence-electron chi connectivity index (χ2n) is 4.53. The molecule has 0 amide bonds. The molecule has 0 aliphatic heterocycles. The van der Waals surface area contributed by atoms with Crippen LogP contribution < -0.4 is 10.2 Å². The zero-order valence-corrected chi connectivity index (χ0v) is 13.3. The monoisotopic (exact) mass is 338 g/mol. The smallest absolute Gasteiger partial charge is 0.0467 e. The normalized spacial score (nSPS) is 10.3. The Bertz CT molecular complexity index is 570. The molecule has 1 N–H and O–H groups in total. The van der Waals surface area contributed by atoms with Crippen LogP contribution >= 0.6 is 27.5 Å². The molecule has 4 heteroatoms. The van der Waals surface area contributed by atoms with Crippen LogP contribution in [0.3, 0.4) is 0 Å². The van der Waals surface area contributed by atoms with Crippen LogP contribution in [0.1, 0.15) is 5.56 Å². The van der Waals surface area contributed by atoms with Gasteiger partial charge < -0.3 is 10.2 Å². The van der Waals surface area contributed by atoms with E-state index in [0.29, 0.717) is 6.54 Å². The predicted molar refractivity (Wildman–Crippen MR) is 87.2 cm³/mol. The average Bonchev–Trinajstić information content (AvgIpc) is 2.38. The van der Waals surface area contributed by atoms with E-state index in [1.807, 2.05) is 38.4 Å². The number of rotatable bonds is 4. The van der Waals surface area contributed by atoms with E-state index in [9.17, 15) is 0 Å². The van der Waals surface area contributed by atoms with E-state index in [2.05, 4.69) is 44.3 Å². The van der Waals surface area contributed by atoms with Crippen molar-refractivity contribution in [2.75, 3.05) is 24.3 Å². The maximum absolute atomic E-state index is 6.20. The lowest BCUT2D eigenvalue weighted by molar-refractivity contribution is 1.12. The van der Waals surface area contributed by atoms with Gasteiger partial charge in [0.05, 0.1) is 0 Å². The summed E-state index contributed by atoms with van der Waals surface area (Å²) >= 11 is 9.61. The summed E-state index contributed by atoms with van der Waals surface area (Å²) in [5, 5.41) is 4.16. The fourth-order valence-corrected chi connectivity index (χ4v) is 2.50. The van der Waals surface area contributed by atoms with E-state index >= 15 is 0 Å². The summed E-state index contributed by atoms with van der Waals surface area (Å²) in [4.78, 5) is 2.08. The molecule has 19 heavy (non-hydrogen) atoms. The second-order valence-corrected chi connectivity index (χ2v) is 5.86. The molecule has 2 rings (SSSR count). The van der Waals surface area contributed by atoms with E-state index in [1.54, 1.807) is 0 Å². The van der Waals surface area contributed by atoms with Gasteiger partial charge in [-0.2, -0.15) is 0 Å². The summed E-state index contributed by atoms with van der Waals surface area (Å²) in [7, 11) is 4.06. The Kier molecular flexibility index (Phi) is 4.72. The topological polar surface area (TPSA) is 15.3 Å². The standard InChI is InChI=1S/C15H16BrClN2/c1-19(2)14-5-3-4-13(9-14)18-10-11-6-7-12(16)8-15(11)17/h3-9,18H,10H2,1-2H3. The van der Waals surface area contributed by atoms with Gasteiger partial charge in [-0.15, -0.1) is 0 Å². The lowest BCUT2D eigenvalue weighted by Gasteiger charge is -2.14. The number of nitrogens with zero attached hydrogens (tertiary/aromatic N) is 1. The summed E-state index contributed by atoms with van der Waals surface area (Å²) in [5.41, 5.74) is 3.34. The third kappa shape index (κ3) is 3.88. The first-order chi connectivity index (χ1) is 9.06. The first kappa shape index (κ1) is 14.2. The SMILES string of the molecule is CN(C)c1cccc(NCc2ccc(Br)cc2Cl)c1. The molecule has 100 valence electrons. The van der Waals surface area contributed by atoms with Gasteiger partial charge in [0.15, 0.2) is 0 Å². The van der Waals surface area contributed by atoms with Crippen LogP contribution in [0.4, 0.5) is 11.4 Å². The number of anilines is 2. The molecule has 0 saturated heterocycles. The molecule has 0 spiro atoms. The second kappa shape index (κ2) is 6.31. The van der Waals surface area contributed by atoms with E-state index in [1.165, 1.54) is 5.69 Å². The minimum atomic E-state index is 0.711. The molecule has 0 heterocycles. The lowest BCUT2D eigenvalue weighted by Crippen LogP contribution is -2.09. The third-order valence-electron chi connectivity index (χ3n) is 2.86. The molecule has 0 aromatic heterocycles. The molecule has 2 aromatic carbocycles. The molecule has 0 bridgehead atoms. The number of hydrogen-bond acceptors (Lipinski definition) is 2. The van der Waals surface area contributed by atoms with Crippen LogP contribution in [-0.4, -0.2) is 14.1 Å². The molecule has 0 aliphatic rings. The Labute approximate surface area is 127 Å². The van der Waals surface area contributed by atoms with Gasteiger partial charge >= 0.3 is 0 Å². The summed E-state index contributed by atoms with van der Waals surface area (Å²) in [6.45, 7) is 0.711. The largest absolute Gasteiger partial charge is 0.381 e. The lowest BCUT2D eigenvalue weighted by atomic mass is 10.2. The molecule has 2 nitrogen and oxygen atoms in total. The molecular weight excluding hydrogens is 324 g/mol. The fraction of sp³-hybridized carbons (Fsp3) is 0.200. The first-order valence-electron chi connectivity index (χ1n) is 6.01. The Morgan fingerprint density at radius 2 is 1.95 bits per heavy atom. The summed E-state index contributed by atoms with van der Waals surface area (Å²) < 4.78 is 0.996. The van der Waals surface area contributed by atoms with Crippen molar-refractivity contribution in [1.82, 2.24) is 0 Å².